The molecule has 11 nitrogen and oxygen atoms in total. The number of nitrogens with zero attached hydrogens (tertiary/aromatic N) is 3. The normalized spacial score (nSPS) is 10.7. The maximum absolute atomic E-state index is 13.1. The van der Waals surface area contributed by atoms with Gasteiger partial charge in [-0.15, -0.1) is 0 Å². The molecule has 0 fully saturated rings. The molecule has 0 aliphatic carbocycles. The SMILES string of the molecule is CN/C(=N\O)c1ccc(CN(CC(=O)O)C(=O)c2ccc(NC(=O)Cc3ccc(OC)cc3C#N)cc2)cc1. The molecule has 0 saturated heterocycles. The molecule has 0 saturated carbocycles. The number of carbonyl (C=O) groups is 3. The van der Waals surface area contributed by atoms with Crippen LogP contribution in [0.5, 0.6) is 5.75 Å². The van der Waals surface area contributed by atoms with E-state index in [0.29, 0.717) is 33.7 Å². The van der Waals surface area contributed by atoms with Crippen molar-refractivity contribution in [1.29, 1.82) is 5.26 Å². The van der Waals surface area contributed by atoms with Crippen LogP contribution >= 0.6 is 0 Å². The molecule has 0 aliphatic heterocycles. The Morgan fingerprint density at radius 2 is 1.69 bits per heavy atom. The Hall–Kier alpha value is -5.37. The van der Waals surface area contributed by atoms with E-state index in [1.165, 1.54) is 24.1 Å². The average Bonchev–Trinajstić information content (AvgIpc) is 2.94. The number of ether oxygens (including phenoxy) is 1. The summed E-state index contributed by atoms with van der Waals surface area (Å²) in [6.07, 6.45) is -0.0290. The minimum Gasteiger partial charge on any atom is -0.497 e. The van der Waals surface area contributed by atoms with Gasteiger partial charge in [-0.05, 0) is 47.5 Å². The number of amides is 2. The second-order valence-electron chi connectivity index (χ2n) is 8.39. The predicted molar refractivity (Wildman–Crippen MR) is 143 cm³/mol. The molecule has 0 bridgehead atoms. The van der Waals surface area contributed by atoms with Crippen LogP contribution in [0.1, 0.15) is 32.6 Å². The number of methoxy groups -OCH3 is 1. The molecule has 0 unspecified atom stereocenters. The molecule has 2 amide bonds. The van der Waals surface area contributed by atoms with E-state index in [-0.39, 0.29) is 30.3 Å². The Balaban J connectivity index is 1.69. The van der Waals surface area contributed by atoms with Crippen LogP contribution < -0.4 is 15.4 Å². The van der Waals surface area contributed by atoms with Crippen LogP contribution in [0.15, 0.2) is 71.9 Å². The van der Waals surface area contributed by atoms with Crippen LogP contribution in [-0.4, -0.2) is 59.5 Å². The molecule has 0 aliphatic rings. The van der Waals surface area contributed by atoms with E-state index in [0.717, 1.165) is 0 Å². The van der Waals surface area contributed by atoms with Crippen molar-refractivity contribution in [3.8, 4) is 11.8 Å². The van der Waals surface area contributed by atoms with E-state index in [9.17, 15) is 24.8 Å². The van der Waals surface area contributed by atoms with Crippen molar-refractivity contribution < 1.29 is 29.4 Å². The fraction of sp³-hybridized carbons (Fsp3) is 0.179. The Morgan fingerprint density at radius 3 is 2.26 bits per heavy atom. The van der Waals surface area contributed by atoms with Crippen molar-refractivity contribution in [3.63, 3.8) is 0 Å². The van der Waals surface area contributed by atoms with Crippen molar-refractivity contribution in [2.24, 2.45) is 5.16 Å². The summed E-state index contributed by atoms with van der Waals surface area (Å²) in [6.45, 7) is -0.472. The van der Waals surface area contributed by atoms with Crippen LogP contribution in [0.2, 0.25) is 0 Å². The van der Waals surface area contributed by atoms with Crippen molar-refractivity contribution in [2.45, 2.75) is 13.0 Å². The fourth-order valence-electron chi connectivity index (χ4n) is 3.80. The number of anilines is 1. The third-order valence-electron chi connectivity index (χ3n) is 5.76. The van der Waals surface area contributed by atoms with Crippen LogP contribution in [0.3, 0.4) is 0 Å². The number of carbonyl (C=O) groups excluding carboxylic acids is 2. The zero-order chi connectivity index (χ0) is 28.4. The second kappa shape index (κ2) is 13.3. The van der Waals surface area contributed by atoms with Crippen LogP contribution in [0, 0.1) is 11.3 Å². The Morgan fingerprint density at radius 1 is 1.03 bits per heavy atom. The van der Waals surface area contributed by atoms with Gasteiger partial charge in [0.25, 0.3) is 5.91 Å². The molecule has 0 atom stereocenters. The number of hydrogen-bond acceptors (Lipinski definition) is 7. The van der Waals surface area contributed by atoms with E-state index < -0.39 is 18.4 Å². The number of carboxylic acids is 1. The number of nitriles is 1. The van der Waals surface area contributed by atoms with Crippen LogP contribution in [0.25, 0.3) is 0 Å². The minimum absolute atomic E-state index is 0.0290. The van der Waals surface area contributed by atoms with Gasteiger partial charge in [0.1, 0.15) is 12.3 Å². The second-order valence-corrected chi connectivity index (χ2v) is 8.39. The van der Waals surface area contributed by atoms with Crippen molar-refractivity contribution >= 4 is 29.3 Å². The molecule has 4 N–H and O–H groups in total. The first-order valence-corrected chi connectivity index (χ1v) is 11.7. The number of amidine groups is 1. The molecular formula is C28H27N5O6. The number of benzene rings is 3. The average molecular weight is 530 g/mol. The van der Waals surface area contributed by atoms with E-state index in [1.807, 2.05) is 0 Å². The third kappa shape index (κ3) is 7.56. The van der Waals surface area contributed by atoms with Gasteiger partial charge in [-0.25, -0.2) is 0 Å². The zero-order valence-electron chi connectivity index (χ0n) is 21.3. The Labute approximate surface area is 224 Å². The lowest BCUT2D eigenvalue weighted by atomic mass is 10.0. The fourth-order valence-corrected chi connectivity index (χ4v) is 3.80. The first-order valence-electron chi connectivity index (χ1n) is 11.7. The molecule has 11 heteroatoms. The smallest absolute Gasteiger partial charge is 0.323 e. The quantitative estimate of drug-likeness (QED) is 0.135. The molecule has 39 heavy (non-hydrogen) atoms. The van der Waals surface area contributed by atoms with Crippen molar-refractivity contribution in [1.82, 2.24) is 10.2 Å². The number of oxime groups is 1. The number of aliphatic carboxylic acids is 1. The first-order chi connectivity index (χ1) is 18.8. The zero-order valence-corrected chi connectivity index (χ0v) is 21.3. The van der Waals surface area contributed by atoms with Crippen molar-refractivity contribution in [3.05, 3.63) is 94.5 Å². The van der Waals surface area contributed by atoms with Gasteiger partial charge in [0.05, 0.1) is 25.2 Å². The highest BCUT2D eigenvalue weighted by molar-refractivity contribution is 5.98. The van der Waals surface area contributed by atoms with Gasteiger partial charge in [0.15, 0.2) is 5.84 Å². The summed E-state index contributed by atoms with van der Waals surface area (Å²) in [7, 11) is 3.10. The minimum atomic E-state index is -1.16. The molecule has 0 heterocycles. The van der Waals surface area contributed by atoms with E-state index in [4.69, 9.17) is 9.94 Å². The van der Waals surface area contributed by atoms with Gasteiger partial charge in [-0.1, -0.05) is 35.5 Å². The summed E-state index contributed by atoms with van der Waals surface area (Å²) < 4.78 is 5.11. The number of nitrogens with one attached hydrogen (secondary N) is 2. The largest absolute Gasteiger partial charge is 0.497 e. The molecule has 0 aromatic heterocycles. The number of carboxylic acid groups (broad SMARTS) is 1. The highest BCUT2D eigenvalue weighted by Crippen LogP contribution is 2.19. The maximum Gasteiger partial charge on any atom is 0.323 e. The highest BCUT2D eigenvalue weighted by Gasteiger charge is 2.19. The Bertz CT molecular complexity index is 1410. The standard InChI is InChI=1S/C28H27N5O6/c1-30-27(32-38)19-5-3-18(4-6-19)16-33(17-26(35)36)28(37)20-7-10-23(11-8-20)31-25(34)14-21-9-12-24(39-2)13-22(21)15-29/h3-13,38H,14,16-17H2,1-2H3,(H,30,32)(H,31,34)(H,35,36). The summed E-state index contributed by atoms with van der Waals surface area (Å²) in [5.74, 6) is -1.22. The van der Waals surface area contributed by atoms with Crippen molar-refractivity contribution in [2.75, 3.05) is 26.0 Å². The third-order valence-corrected chi connectivity index (χ3v) is 5.76. The van der Waals surface area contributed by atoms with Gasteiger partial charge < -0.3 is 30.6 Å². The first kappa shape index (κ1) is 28.2. The summed E-state index contributed by atoms with van der Waals surface area (Å²) in [5.41, 5.74) is 2.87. The Kier molecular flexibility index (Phi) is 9.58. The lowest BCUT2D eigenvalue weighted by Crippen LogP contribution is -2.35. The van der Waals surface area contributed by atoms with Gasteiger partial charge in [-0.3, -0.25) is 14.4 Å². The molecule has 200 valence electrons. The highest BCUT2D eigenvalue weighted by atomic mass is 16.5. The summed E-state index contributed by atoms with van der Waals surface area (Å²) in [4.78, 5) is 38.3. The van der Waals surface area contributed by atoms with Gasteiger partial charge in [-0.2, -0.15) is 5.26 Å². The summed E-state index contributed by atoms with van der Waals surface area (Å²) in [5, 5.41) is 36.4. The van der Waals surface area contributed by atoms with E-state index in [2.05, 4.69) is 21.9 Å². The molecule has 0 radical (unpaired) electrons. The number of hydrogen-bond donors (Lipinski definition) is 4. The monoisotopic (exact) mass is 529 g/mol. The van der Waals surface area contributed by atoms with E-state index in [1.54, 1.807) is 61.6 Å². The van der Waals surface area contributed by atoms with Gasteiger partial charge >= 0.3 is 5.97 Å². The predicted octanol–water partition coefficient (Wildman–Crippen LogP) is 2.83. The summed E-state index contributed by atoms with van der Waals surface area (Å²) in [6, 6.07) is 19.8. The van der Waals surface area contributed by atoms with Crippen LogP contribution in [-0.2, 0) is 22.6 Å². The molecule has 3 aromatic rings. The lowest BCUT2D eigenvalue weighted by Gasteiger charge is -2.21. The van der Waals surface area contributed by atoms with Gasteiger partial charge in [0, 0.05) is 30.4 Å². The lowest BCUT2D eigenvalue weighted by molar-refractivity contribution is -0.137. The molecular weight excluding hydrogens is 502 g/mol. The molecule has 0 spiro atoms. The molecule has 3 aromatic carbocycles. The maximum atomic E-state index is 13.1. The van der Waals surface area contributed by atoms with E-state index >= 15 is 0 Å². The van der Waals surface area contributed by atoms with Gasteiger partial charge in [0.2, 0.25) is 5.91 Å². The summed E-state index contributed by atoms with van der Waals surface area (Å²) >= 11 is 0. The molecule has 3 rings (SSSR count). The van der Waals surface area contributed by atoms with Crippen LogP contribution in [0.4, 0.5) is 5.69 Å². The number of rotatable bonds is 10. The topological polar surface area (TPSA) is 164 Å².